The van der Waals surface area contributed by atoms with Gasteiger partial charge in [-0.25, -0.2) is 4.79 Å². The van der Waals surface area contributed by atoms with Crippen LogP contribution in [-0.2, 0) is 9.53 Å². The predicted octanol–water partition coefficient (Wildman–Crippen LogP) is 0.945. The molecule has 2 heterocycles. The van der Waals surface area contributed by atoms with Crippen LogP contribution in [-0.4, -0.2) is 59.1 Å². The molecule has 0 unspecified atom stereocenters. The Hall–Kier alpha value is -1.30. The number of nitrogens with zero attached hydrogens (tertiary/aromatic N) is 2. The summed E-state index contributed by atoms with van der Waals surface area (Å²) in [6.45, 7) is 7.61. The van der Waals surface area contributed by atoms with E-state index >= 15 is 0 Å². The molecule has 0 aromatic carbocycles. The highest BCUT2D eigenvalue weighted by Gasteiger charge is 2.36. The van der Waals surface area contributed by atoms with Crippen molar-refractivity contribution in [1.29, 1.82) is 0 Å². The third-order valence-electron chi connectivity index (χ3n) is 3.84. The molecule has 6 nitrogen and oxygen atoms in total. The number of carbonyl (C=O) groups excluding carboxylic acids is 2. The maximum atomic E-state index is 12.0. The molecule has 0 aromatic rings. The number of amides is 2. The van der Waals surface area contributed by atoms with Gasteiger partial charge in [0.05, 0.1) is 6.04 Å². The number of hydrogen-bond acceptors (Lipinski definition) is 4. The molecule has 0 aromatic heterocycles. The number of nitrogens with two attached hydrogens (primary N) is 1. The van der Waals surface area contributed by atoms with Gasteiger partial charge in [-0.05, 0) is 40.0 Å². The fraction of sp³-hybridized carbons (Fsp3) is 0.857. The average molecular weight is 283 g/mol. The Morgan fingerprint density at radius 3 is 2.25 bits per heavy atom. The van der Waals surface area contributed by atoms with Gasteiger partial charge in [-0.1, -0.05) is 0 Å². The summed E-state index contributed by atoms with van der Waals surface area (Å²) in [5.41, 5.74) is 5.28. The Kier molecular flexibility index (Phi) is 4.22. The van der Waals surface area contributed by atoms with E-state index in [1.165, 1.54) is 0 Å². The largest absolute Gasteiger partial charge is 0.444 e. The normalized spacial score (nSPS) is 25.2. The fourth-order valence-corrected chi connectivity index (χ4v) is 2.77. The first-order valence-electron chi connectivity index (χ1n) is 7.32. The Balaban J connectivity index is 1.84. The van der Waals surface area contributed by atoms with Gasteiger partial charge in [0.2, 0.25) is 5.91 Å². The van der Waals surface area contributed by atoms with Crippen LogP contribution in [0.25, 0.3) is 0 Å². The highest BCUT2D eigenvalue weighted by atomic mass is 16.6. The zero-order chi connectivity index (χ0) is 14.9. The van der Waals surface area contributed by atoms with Gasteiger partial charge >= 0.3 is 6.09 Å². The Morgan fingerprint density at radius 2 is 1.80 bits per heavy atom. The third-order valence-corrected chi connectivity index (χ3v) is 3.84. The first kappa shape index (κ1) is 15.1. The van der Waals surface area contributed by atoms with Gasteiger partial charge in [0, 0.05) is 25.7 Å². The van der Waals surface area contributed by atoms with E-state index in [0.29, 0.717) is 13.1 Å². The van der Waals surface area contributed by atoms with E-state index in [9.17, 15) is 9.59 Å². The lowest BCUT2D eigenvalue weighted by atomic mass is 10.0. The van der Waals surface area contributed by atoms with Gasteiger partial charge in [-0.3, -0.25) is 4.79 Å². The SMILES string of the molecule is CC(C)(C)OC(=O)N1CCC(N2CC[C@@H](N)C2=O)CC1. The molecule has 0 bridgehead atoms. The van der Waals surface area contributed by atoms with Crippen molar-refractivity contribution in [1.82, 2.24) is 9.80 Å². The van der Waals surface area contributed by atoms with Gasteiger partial charge in [0.15, 0.2) is 0 Å². The fourth-order valence-electron chi connectivity index (χ4n) is 2.77. The second-order valence-electron chi connectivity index (χ2n) is 6.63. The van der Waals surface area contributed by atoms with Crippen molar-refractivity contribution < 1.29 is 14.3 Å². The van der Waals surface area contributed by atoms with Crippen molar-refractivity contribution in [3.05, 3.63) is 0 Å². The van der Waals surface area contributed by atoms with Crippen molar-refractivity contribution >= 4 is 12.0 Å². The smallest absolute Gasteiger partial charge is 0.410 e. The summed E-state index contributed by atoms with van der Waals surface area (Å²) in [6.07, 6.45) is 2.08. The van der Waals surface area contributed by atoms with Crippen molar-refractivity contribution in [2.24, 2.45) is 5.73 Å². The van der Waals surface area contributed by atoms with E-state index in [-0.39, 0.29) is 24.1 Å². The quantitative estimate of drug-likeness (QED) is 0.777. The van der Waals surface area contributed by atoms with Crippen molar-refractivity contribution in [2.75, 3.05) is 19.6 Å². The van der Waals surface area contributed by atoms with Gasteiger partial charge < -0.3 is 20.3 Å². The molecule has 0 saturated carbocycles. The standard InChI is InChI=1S/C14H25N3O3/c1-14(2,3)20-13(19)16-7-4-10(5-8-16)17-9-6-11(15)12(17)18/h10-11H,4-9,15H2,1-3H3/t11-/m1/s1. The Bertz CT molecular complexity index is 384. The van der Waals surface area contributed by atoms with Crippen LogP contribution in [0.4, 0.5) is 4.79 Å². The monoisotopic (exact) mass is 283 g/mol. The summed E-state index contributed by atoms with van der Waals surface area (Å²) < 4.78 is 5.36. The molecule has 1 atom stereocenters. The molecule has 0 radical (unpaired) electrons. The number of rotatable bonds is 1. The second-order valence-corrected chi connectivity index (χ2v) is 6.63. The van der Waals surface area contributed by atoms with Gasteiger partial charge in [0.1, 0.15) is 5.60 Å². The van der Waals surface area contributed by atoms with E-state index in [1.54, 1.807) is 4.90 Å². The number of ether oxygens (including phenoxy) is 1. The molecule has 20 heavy (non-hydrogen) atoms. The van der Waals surface area contributed by atoms with Crippen LogP contribution in [0.3, 0.4) is 0 Å². The molecular weight excluding hydrogens is 258 g/mol. The van der Waals surface area contributed by atoms with Gasteiger partial charge in [0.25, 0.3) is 0 Å². The Morgan fingerprint density at radius 1 is 1.20 bits per heavy atom. The first-order valence-corrected chi connectivity index (χ1v) is 7.32. The van der Waals surface area contributed by atoms with Gasteiger partial charge in [-0.15, -0.1) is 0 Å². The van der Waals surface area contributed by atoms with Gasteiger partial charge in [-0.2, -0.15) is 0 Å². The van der Waals surface area contributed by atoms with Crippen molar-refractivity contribution in [3.8, 4) is 0 Å². The van der Waals surface area contributed by atoms with E-state index in [0.717, 1.165) is 25.8 Å². The molecule has 114 valence electrons. The molecule has 2 aliphatic heterocycles. The first-order chi connectivity index (χ1) is 9.28. The molecule has 0 aliphatic carbocycles. The van der Waals surface area contributed by atoms with Crippen molar-refractivity contribution in [3.63, 3.8) is 0 Å². The maximum absolute atomic E-state index is 12.0. The molecular formula is C14H25N3O3. The summed E-state index contributed by atoms with van der Waals surface area (Å²) in [5, 5.41) is 0. The van der Waals surface area contributed by atoms with Crippen LogP contribution in [0.5, 0.6) is 0 Å². The number of piperidine rings is 1. The summed E-state index contributed by atoms with van der Waals surface area (Å²) in [6, 6.07) is -0.117. The number of carbonyl (C=O) groups is 2. The molecule has 2 fully saturated rings. The highest BCUT2D eigenvalue weighted by molar-refractivity contribution is 5.84. The lowest BCUT2D eigenvalue weighted by molar-refractivity contribution is -0.131. The molecule has 2 amide bonds. The average Bonchev–Trinajstić information content (AvgIpc) is 2.68. The predicted molar refractivity (Wildman–Crippen MR) is 75.1 cm³/mol. The van der Waals surface area contributed by atoms with Crippen molar-refractivity contribution in [2.45, 2.75) is 57.7 Å². The Labute approximate surface area is 120 Å². The zero-order valence-electron chi connectivity index (χ0n) is 12.6. The summed E-state index contributed by atoms with van der Waals surface area (Å²) in [5.74, 6) is 0.0562. The summed E-state index contributed by atoms with van der Waals surface area (Å²) >= 11 is 0. The van der Waals surface area contributed by atoms with E-state index < -0.39 is 5.60 Å². The second kappa shape index (κ2) is 5.60. The summed E-state index contributed by atoms with van der Waals surface area (Å²) in [7, 11) is 0. The molecule has 2 aliphatic rings. The molecule has 2 N–H and O–H groups in total. The zero-order valence-corrected chi connectivity index (χ0v) is 12.6. The van der Waals surface area contributed by atoms with Crippen LogP contribution in [0.1, 0.15) is 40.0 Å². The molecule has 0 spiro atoms. The van der Waals surface area contributed by atoms with E-state index in [4.69, 9.17) is 10.5 Å². The minimum atomic E-state index is -0.467. The van der Waals surface area contributed by atoms with E-state index in [2.05, 4.69) is 0 Å². The highest BCUT2D eigenvalue weighted by Crippen LogP contribution is 2.22. The lowest BCUT2D eigenvalue weighted by Gasteiger charge is -2.37. The topological polar surface area (TPSA) is 75.9 Å². The number of hydrogen-bond donors (Lipinski definition) is 1. The van der Waals surface area contributed by atoms with Crippen LogP contribution >= 0.6 is 0 Å². The van der Waals surface area contributed by atoms with Crippen LogP contribution in [0, 0.1) is 0 Å². The van der Waals surface area contributed by atoms with E-state index in [1.807, 2.05) is 25.7 Å². The van der Waals surface area contributed by atoms with Crippen LogP contribution in [0.2, 0.25) is 0 Å². The molecule has 2 rings (SSSR count). The van der Waals surface area contributed by atoms with Crippen LogP contribution < -0.4 is 5.73 Å². The maximum Gasteiger partial charge on any atom is 0.410 e. The molecule has 2 saturated heterocycles. The van der Waals surface area contributed by atoms with Crippen LogP contribution in [0.15, 0.2) is 0 Å². The summed E-state index contributed by atoms with van der Waals surface area (Å²) in [4.78, 5) is 27.5. The number of likely N-dealkylation sites (tertiary alicyclic amines) is 2. The third kappa shape index (κ3) is 3.42. The lowest BCUT2D eigenvalue weighted by Crippen LogP contribution is -2.49. The minimum Gasteiger partial charge on any atom is -0.444 e. The minimum absolute atomic E-state index is 0.0562. The molecule has 6 heteroatoms.